The molecule has 0 spiro atoms. The normalized spacial score (nSPS) is 16.8. The molecule has 2 aromatic carbocycles. The Morgan fingerprint density at radius 1 is 1.15 bits per heavy atom. The summed E-state index contributed by atoms with van der Waals surface area (Å²) < 4.78 is 28.4. The number of anilines is 1. The number of carbonyl (C=O) groups excluding carboxylic acids is 2. The molecule has 3 rings (SSSR count). The lowest BCUT2D eigenvalue weighted by Gasteiger charge is -2.29. The van der Waals surface area contributed by atoms with E-state index in [-0.39, 0.29) is 11.3 Å². The van der Waals surface area contributed by atoms with Gasteiger partial charge in [-0.1, -0.05) is 23.7 Å². The van der Waals surface area contributed by atoms with E-state index in [0.29, 0.717) is 10.7 Å². The van der Waals surface area contributed by atoms with Crippen LogP contribution in [0.5, 0.6) is 0 Å². The number of hydrogen-bond acceptors (Lipinski definition) is 2. The first-order valence-corrected chi connectivity index (χ1v) is 8.03. The Bertz CT molecular complexity index is 910. The number of benzene rings is 2. The van der Waals surface area contributed by atoms with Gasteiger partial charge in [-0.25, -0.2) is 13.6 Å². The maximum atomic E-state index is 14.2. The van der Waals surface area contributed by atoms with Crippen LogP contribution in [-0.4, -0.2) is 11.9 Å². The maximum absolute atomic E-state index is 14.2. The summed E-state index contributed by atoms with van der Waals surface area (Å²) in [5, 5.41) is 7.88. The standard InChI is InChI=1S/C18H14ClF2N3O2/c1-9-14(17(25)23-11-5-2-4-10(19)8-11)16(24-18(26)22-9)15-12(20)6-3-7-13(15)21/h2-8,16H,1H3,(H,23,25)(H2,22,24,26). The van der Waals surface area contributed by atoms with Crippen molar-refractivity contribution in [3.05, 3.63) is 76.0 Å². The average molecular weight is 378 g/mol. The van der Waals surface area contributed by atoms with Crippen molar-refractivity contribution in [1.82, 2.24) is 10.6 Å². The van der Waals surface area contributed by atoms with Gasteiger partial charge in [0, 0.05) is 16.4 Å². The smallest absolute Gasteiger partial charge is 0.319 e. The Kier molecular flexibility index (Phi) is 4.90. The van der Waals surface area contributed by atoms with Crippen molar-refractivity contribution < 1.29 is 18.4 Å². The summed E-state index contributed by atoms with van der Waals surface area (Å²) in [6.45, 7) is 1.48. The highest BCUT2D eigenvalue weighted by Gasteiger charge is 2.34. The van der Waals surface area contributed by atoms with Crippen LogP contribution in [0, 0.1) is 11.6 Å². The minimum absolute atomic E-state index is 0.00595. The number of hydrogen-bond donors (Lipinski definition) is 3. The van der Waals surface area contributed by atoms with E-state index in [1.165, 1.54) is 19.1 Å². The van der Waals surface area contributed by atoms with E-state index in [1.807, 2.05) is 0 Å². The number of carbonyl (C=O) groups is 2. The predicted octanol–water partition coefficient (Wildman–Crippen LogP) is 3.88. The van der Waals surface area contributed by atoms with E-state index < -0.39 is 35.2 Å². The van der Waals surface area contributed by atoms with Gasteiger partial charge in [-0.3, -0.25) is 4.79 Å². The van der Waals surface area contributed by atoms with Gasteiger partial charge in [0.15, 0.2) is 0 Å². The van der Waals surface area contributed by atoms with Gasteiger partial charge in [0.05, 0.1) is 17.2 Å². The minimum Gasteiger partial charge on any atom is -0.326 e. The summed E-state index contributed by atoms with van der Waals surface area (Å²) in [6.07, 6.45) is 0. The van der Waals surface area contributed by atoms with Crippen molar-refractivity contribution >= 4 is 29.2 Å². The lowest BCUT2D eigenvalue weighted by Crippen LogP contribution is -2.46. The van der Waals surface area contributed by atoms with Crippen LogP contribution in [0.4, 0.5) is 19.3 Å². The first-order chi connectivity index (χ1) is 12.4. The Labute approximate surface area is 153 Å². The van der Waals surface area contributed by atoms with Gasteiger partial charge in [-0.2, -0.15) is 0 Å². The molecule has 134 valence electrons. The molecule has 3 N–H and O–H groups in total. The molecule has 0 bridgehead atoms. The second kappa shape index (κ2) is 7.13. The van der Waals surface area contributed by atoms with Crippen LogP contribution in [0.25, 0.3) is 0 Å². The third-order valence-corrected chi connectivity index (χ3v) is 4.12. The summed E-state index contributed by atoms with van der Waals surface area (Å²) in [5.74, 6) is -2.35. The SMILES string of the molecule is CC1=C(C(=O)Nc2cccc(Cl)c2)C(c2c(F)cccc2F)NC(=O)N1. The van der Waals surface area contributed by atoms with Gasteiger partial charge < -0.3 is 16.0 Å². The van der Waals surface area contributed by atoms with Crippen LogP contribution in [0.2, 0.25) is 5.02 Å². The number of halogens is 3. The monoisotopic (exact) mass is 377 g/mol. The quantitative estimate of drug-likeness (QED) is 0.759. The molecule has 0 saturated carbocycles. The van der Waals surface area contributed by atoms with Gasteiger partial charge in [0.2, 0.25) is 0 Å². The van der Waals surface area contributed by atoms with Gasteiger partial charge in [-0.15, -0.1) is 0 Å². The van der Waals surface area contributed by atoms with Crippen LogP contribution in [0.15, 0.2) is 53.7 Å². The van der Waals surface area contributed by atoms with Crippen molar-refractivity contribution in [3.8, 4) is 0 Å². The lowest BCUT2D eigenvalue weighted by molar-refractivity contribution is -0.113. The van der Waals surface area contributed by atoms with Crippen LogP contribution in [-0.2, 0) is 4.79 Å². The van der Waals surface area contributed by atoms with Gasteiger partial charge in [0.25, 0.3) is 5.91 Å². The molecule has 0 aromatic heterocycles. The van der Waals surface area contributed by atoms with Crippen LogP contribution >= 0.6 is 11.6 Å². The molecule has 26 heavy (non-hydrogen) atoms. The fraction of sp³-hybridized carbons (Fsp3) is 0.111. The van der Waals surface area contributed by atoms with Crippen molar-refractivity contribution in [2.24, 2.45) is 0 Å². The molecule has 1 unspecified atom stereocenters. The molecule has 8 heteroatoms. The van der Waals surface area contributed by atoms with Crippen molar-refractivity contribution in [2.45, 2.75) is 13.0 Å². The van der Waals surface area contributed by atoms with Crippen molar-refractivity contribution in [1.29, 1.82) is 0 Å². The minimum atomic E-state index is -1.27. The number of rotatable bonds is 3. The molecule has 1 aliphatic heterocycles. The van der Waals surface area contributed by atoms with E-state index in [9.17, 15) is 18.4 Å². The van der Waals surface area contributed by atoms with E-state index in [4.69, 9.17) is 11.6 Å². The zero-order valence-corrected chi connectivity index (χ0v) is 14.3. The van der Waals surface area contributed by atoms with E-state index in [2.05, 4.69) is 16.0 Å². The number of urea groups is 1. The average Bonchev–Trinajstić information content (AvgIpc) is 2.54. The summed E-state index contributed by atoms with van der Waals surface area (Å²) >= 11 is 5.90. The summed E-state index contributed by atoms with van der Waals surface area (Å²) in [5.41, 5.74) is 0.194. The molecule has 0 saturated heterocycles. The fourth-order valence-electron chi connectivity index (χ4n) is 2.76. The van der Waals surface area contributed by atoms with E-state index >= 15 is 0 Å². The predicted molar refractivity (Wildman–Crippen MR) is 93.5 cm³/mol. The van der Waals surface area contributed by atoms with Gasteiger partial charge in [-0.05, 0) is 37.3 Å². The Hall–Kier alpha value is -2.93. The second-order valence-electron chi connectivity index (χ2n) is 5.67. The van der Waals surface area contributed by atoms with E-state index in [0.717, 1.165) is 12.1 Å². The summed E-state index contributed by atoms with van der Waals surface area (Å²) in [6, 6.07) is 7.84. The van der Waals surface area contributed by atoms with Gasteiger partial charge in [0.1, 0.15) is 11.6 Å². The molecule has 0 aliphatic carbocycles. The highest BCUT2D eigenvalue weighted by atomic mass is 35.5. The topological polar surface area (TPSA) is 70.2 Å². The Balaban J connectivity index is 2.02. The number of amides is 3. The first kappa shape index (κ1) is 17.9. The maximum Gasteiger partial charge on any atom is 0.319 e. The largest absolute Gasteiger partial charge is 0.326 e. The van der Waals surface area contributed by atoms with E-state index in [1.54, 1.807) is 18.2 Å². The molecule has 0 radical (unpaired) electrons. The summed E-state index contributed by atoms with van der Waals surface area (Å²) in [4.78, 5) is 24.6. The zero-order valence-electron chi connectivity index (χ0n) is 13.6. The van der Waals surface area contributed by atoms with Crippen molar-refractivity contribution in [3.63, 3.8) is 0 Å². The second-order valence-corrected chi connectivity index (χ2v) is 6.11. The molecule has 5 nitrogen and oxygen atoms in total. The molecule has 1 atom stereocenters. The number of allylic oxidation sites excluding steroid dienone is 1. The molecule has 1 aliphatic rings. The zero-order chi connectivity index (χ0) is 18.8. The fourth-order valence-corrected chi connectivity index (χ4v) is 2.95. The third-order valence-electron chi connectivity index (χ3n) is 3.88. The lowest BCUT2D eigenvalue weighted by atomic mass is 9.94. The van der Waals surface area contributed by atoms with Crippen LogP contribution in [0.3, 0.4) is 0 Å². The molecular formula is C18H14ClF2N3O2. The molecule has 1 heterocycles. The molecule has 2 aromatic rings. The number of nitrogens with one attached hydrogen (secondary N) is 3. The molecule has 3 amide bonds. The highest BCUT2D eigenvalue weighted by Crippen LogP contribution is 2.31. The Morgan fingerprint density at radius 3 is 2.46 bits per heavy atom. The van der Waals surface area contributed by atoms with Crippen LogP contribution < -0.4 is 16.0 Å². The molecular weight excluding hydrogens is 364 g/mol. The molecule has 0 fully saturated rings. The Morgan fingerprint density at radius 2 is 1.81 bits per heavy atom. The van der Waals surface area contributed by atoms with Gasteiger partial charge >= 0.3 is 6.03 Å². The first-order valence-electron chi connectivity index (χ1n) is 7.66. The highest BCUT2D eigenvalue weighted by molar-refractivity contribution is 6.31. The van der Waals surface area contributed by atoms with Crippen LogP contribution in [0.1, 0.15) is 18.5 Å². The van der Waals surface area contributed by atoms with Crippen molar-refractivity contribution in [2.75, 3.05) is 5.32 Å². The third kappa shape index (κ3) is 3.52. The summed E-state index contributed by atoms with van der Waals surface area (Å²) in [7, 11) is 0.